The monoisotopic (exact) mass is 170 g/mol. The van der Waals surface area contributed by atoms with Gasteiger partial charge in [-0.05, 0) is 43.9 Å². The van der Waals surface area contributed by atoms with E-state index in [-0.39, 0.29) is 5.60 Å². The molecular weight excluding hydrogens is 148 g/mol. The SMILES string of the molecule is CC[C@]1(O)CC[C@H](C(C)C)CC1. The molecule has 0 aromatic carbocycles. The normalized spacial score (nSPS) is 37.2. The minimum Gasteiger partial charge on any atom is -0.390 e. The van der Waals surface area contributed by atoms with Crippen LogP contribution in [0.4, 0.5) is 0 Å². The Hall–Kier alpha value is -0.0400. The number of hydrogen-bond acceptors (Lipinski definition) is 1. The van der Waals surface area contributed by atoms with E-state index in [0.29, 0.717) is 0 Å². The van der Waals surface area contributed by atoms with Crippen LogP contribution in [0.15, 0.2) is 0 Å². The van der Waals surface area contributed by atoms with E-state index in [9.17, 15) is 5.11 Å². The Morgan fingerprint density at radius 3 is 2.17 bits per heavy atom. The topological polar surface area (TPSA) is 20.2 Å². The number of hydrogen-bond donors (Lipinski definition) is 1. The minimum absolute atomic E-state index is 0.314. The van der Waals surface area contributed by atoms with Crippen LogP contribution in [0.1, 0.15) is 52.9 Å². The first-order valence-corrected chi connectivity index (χ1v) is 5.30. The third-order valence-corrected chi connectivity index (χ3v) is 3.56. The van der Waals surface area contributed by atoms with Crippen molar-refractivity contribution in [3.05, 3.63) is 0 Å². The van der Waals surface area contributed by atoms with Gasteiger partial charge in [0.2, 0.25) is 0 Å². The van der Waals surface area contributed by atoms with Crippen molar-refractivity contribution in [1.29, 1.82) is 0 Å². The lowest BCUT2D eigenvalue weighted by atomic mass is 9.74. The summed E-state index contributed by atoms with van der Waals surface area (Å²) in [4.78, 5) is 0. The first-order valence-electron chi connectivity index (χ1n) is 5.30. The van der Waals surface area contributed by atoms with Crippen molar-refractivity contribution in [3.8, 4) is 0 Å². The van der Waals surface area contributed by atoms with E-state index in [0.717, 1.165) is 31.1 Å². The summed E-state index contributed by atoms with van der Waals surface area (Å²) in [5, 5.41) is 9.98. The second kappa shape index (κ2) is 3.78. The summed E-state index contributed by atoms with van der Waals surface area (Å²) < 4.78 is 0. The van der Waals surface area contributed by atoms with Crippen LogP contribution in [0.5, 0.6) is 0 Å². The Bertz CT molecular complexity index is 132. The molecule has 0 atom stereocenters. The Kier molecular flexibility index (Phi) is 3.16. The molecule has 0 amide bonds. The van der Waals surface area contributed by atoms with E-state index in [4.69, 9.17) is 0 Å². The number of rotatable bonds is 2. The molecule has 0 radical (unpaired) electrons. The van der Waals surface area contributed by atoms with Crippen LogP contribution >= 0.6 is 0 Å². The highest BCUT2D eigenvalue weighted by Crippen LogP contribution is 2.37. The van der Waals surface area contributed by atoms with Gasteiger partial charge < -0.3 is 5.11 Å². The summed E-state index contributed by atoms with van der Waals surface area (Å²) in [6.07, 6.45) is 5.42. The van der Waals surface area contributed by atoms with Crippen molar-refractivity contribution >= 4 is 0 Å². The molecule has 12 heavy (non-hydrogen) atoms. The van der Waals surface area contributed by atoms with Crippen LogP contribution in [0.3, 0.4) is 0 Å². The molecule has 0 unspecified atom stereocenters. The zero-order valence-electron chi connectivity index (χ0n) is 8.64. The van der Waals surface area contributed by atoms with E-state index < -0.39 is 0 Å². The quantitative estimate of drug-likeness (QED) is 0.675. The zero-order chi connectivity index (χ0) is 9.19. The third-order valence-electron chi connectivity index (χ3n) is 3.56. The largest absolute Gasteiger partial charge is 0.390 e. The number of aliphatic hydroxyl groups is 1. The first-order chi connectivity index (χ1) is 5.57. The summed E-state index contributed by atoms with van der Waals surface area (Å²) in [5.41, 5.74) is -0.314. The predicted octanol–water partition coefficient (Wildman–Crippen LogP) is 2.97. The van der Waals surface area contributed by atoms with Gasteiger partial charge in [-0.15, -0.1) is 0 Å². The molecule has 1 aliphatic rings. The van der Waals surface area contributed by atoms with Gasteiger partial charge >= 0.3 is 0 Å². The molecule has 0 aromatic rings. The lowest BCUT2D eigenvalue weighted by molar-refractivity contribution is -0.0180. The lowest BCUT2D eigenvalue weighted by Gasteiger charge is -2.36. The molecule has 0 aromatic heterocycles. The molecule has 0 heterocycles. The van der Waals surface area contributed by atoms with Crippen LogP contribution in [0, 0.1) is 11.8 Å². The van der Waals surface area contributed by atoms with Gasteiger partial charge in [0, 0.05) is 0 Å². The van der Waals surface area contributed by atoms with Gasteiger partial charge in [-0.1, -0.05) is 20.8 Å². The first kappa shape index (κ1) is 10.0. The molecule has 1 saturated carbocycles. The average Bonchev–Trinajstić information content (AvgIpc) is 2.05. The van der Waals surface area contributed by atoms with Gasteiger partial charge in [0.1, 0.15) is 0 Å². The maximum atomic E-state index is 9.98. The highest BCUT2D eigenvalue weighted by atomic mass is 16.3. The van der Waals surface area contributed by atoms with Crippen molar-refractivity contribution in [2.75, 3.05) is 0 Å². The molecule has 72 valence electrons. The van der Waals surface area contributed by atoms with Gasteiger partial charge in [-0.2, -0.15) is 0 Å². The highest BCUT2D eigenvalue weighted by molar-refractivity contribution is 4.84. The molecule has 1 fully saturated rings. The third kappa shape index (κ3) is 2.22. The smallest absolute Gasteiger partial charge is 0.0645 e. The van der Waals surface area contributed by atoms with E-state index in [1.54, 1.807) is 0 Å². The maximum Gasteiger partial charge on any atom is 0.0645 e. The fourth-order valence-electron chi connectivity index (χ4n) is 2.20. The molecule has 1 N–H and O–H groups in total. The summed E-state index contributed by atoms with van der Waals surface area (Å²) in [5.74, 6) is 1.66. The maximum absolute atomic E-state index is 9.98. The van der Waals surface area contributed by atoms with Crippen LogP contribution in [0.25, 0.3) is 0 Å². The van der Waals surface area contributed by atoms with E-state index in [1.165, 1.54) is 12.8 Å². The minimum atomic E-state index is -0.314. The summed E-state index contributed by atoms with van der Waals surface area (Å²) in [7, 11) is 0. The van der Waals surface area contributed by atoms with E-state index >= 15 is 0 Å². The standard InChI is InChI=1S/C11H22O/c1-4-11(12)7-5-10(6-8-11)9(2)3/h9-10,12H,4-8H2,1-3H3/t10-,11-. The molecular formula is C11H22O. The fourth-order valence-corrected chi connectivity index (χ4v) is 2.20. The van der Waals surface area contributed by atoms with Gasteiger partial charge in [0.15, 0.2) is 0 Å². The Balaban J connectivity index is 2.39. The van der Waals surface area contributed by atoms with Crippen molar-refractivity contribution in [2.24, 2.45) is 11.8 Å². The average molecular weight is 170 g/mol. The van der Waals surface area contributed by atoms with E-state index in [2.05, 4.69) is 20.8 Å². The molecule has 0 saturated heterocycles. The van der Waals surface area contributed by atoms with Crippen molar-refractivity contribution < 1.29 is 5.11 Å². The molecule has 0 bridgehead atoms. The Morgan fingerprint density at radius 1 is 1.33 bits per heavy atom. The molecule has 1 nitrogen and oxygen atoms in total. The summed E-state index contributed by atoms with van der Waals surface area (Å²) >= 11 is 0. The molecule has 1 heteroatoms. The van der Waals surface area contributed by atoms with Crippen LogP contribution in [0.2, 0.25) is 0 Å². The Labute approximate surface area is 76.2 Å². The van der Waals surface area contributed by atoms with Gasteiger partial charge in [0.25, 0.3) is 0 Å². The molecule has 1 aliphatic carbocycles. The molecule has 0 aliphatic heterocycles. The zero-order valence-corrected chi connectivity index (χ0v) is 8.64. The predicted molar refractivity (Wildman–Crippen MR) is 52.0 cm³/mol. The van der Waals surface area contributed by atoms with Crippen molar-refractivity contribution in [3.63, 3.8) is 0 Å². The van der Waals surface area contributed by atoms with Crippen molar-refractivity contribution in [1.82, 2.24) is 0 Å². The van der Waals surface area contributed by atoms with Crippen LogP contribution < -0.4 is 0 Å². The van der Waals surface area contributed by atoms with Gasteiger partial charge in [-0.3, -0.25) is 0 Å². The Morgan fingerprint density at radius 2 is 1.83 bits per heavy atom. The van der Waals surface area contributed by atoms with E-state index in [1.807, 2.05) is 0 Å². The molecule has 1 rings (SSSR count). The summed E-state index contributed by atoms with van der Waals surface area (Å²) in [6, 6.07) is 0. The fraction of sp³-hybridized carbons (Fsp3) is 1.00. The van der Waals surface area contributed by atoms with Crippen LogP contribution in [-0.4, -0.2) is 10.7 Å². The second-order valence-electron chi connectivity index (χ2n) is 4.66. The lowest BCUT2D eigenvalue weighted by Crippen LogP contribution is -2.34. The molecule has 0 spiro atoms. The van der Waals surface area contributed by atoms with Crippen molar-refractivity contribution in [2.45, 2.75) is 58.5 Å². The second-order valence-corrected chi connectivity index (χ2v) is 4.66. The van der Waals surface area contributed by atoms with Gasteiger partial charge in [0.05, 0.1) is 5.60 Å². The van der Waals surface area contributed by atoms with Crippen LogP contribution in [-0.2, 0) is 0 Å². The highest BCUT2D eigenvalue weighted by Gasteiger charge is 2.32. The summed E-state index contributed by atoms with van der Waals surface area (Å²) in [6.45, 7) is 6.68. The van der Waals surface area contributed by atoms with Gasteiger partial charge in [-0.25, -0.2) is 0 Å².